The lowest BCUT2D eigenvalue weighted by Crippen LogP contribution is -2.51. The van der Waals surface area contributed by atoms with Crippen LogP contribution in [0.4, 0.5) is 0 Å². The number of benzene rings is 1. The minimum absolute atomic E-state index is 0.0538. The van der Waals surface area contributed by atoms with Crippen LogP contribution in [0, 0.1) is 0 Å². The summed E-state index contributed by atoms with van der Waals surface area (Å²) in [5, 5.41) is 13.5. The molecule has 1 saturated heterocycles. The lowest BCUT2D eigenvalue weighted by Gasteiger charge is -2.18. The van der Waals surface area contributed by atoms with E-state index in [9.17, 15) is 14.4 Å². The number of rotatable bonds is 8. The first-order valence-corrected chi connectivity index (χ1v) is 8.40. The molecule has 9 heteroatoms. The van der Waals surface area contributed by atoms with Crippen molar-refractivity contribution in [2.75, 3.05) is 13.2 Å². The second kappa shape index (κ2) is 8.95. The van der Waals surface area contributed by atoms with Crippen molar-refractivity contribution in [3.05, 3.63) is 41.5 Å². The summed E-state index contributed by atoms with van der Waals surface area (Å²) in [4.78, 5) is 34.9. The standard InChI is InChI=1S/C18H18N2O6S/c1-3-5-11-6-10(7-12-16(23)19-18(27)20-17(12)24)8-13(25-4-2)15(11)26-9-14(21)22/h3,6-8H,1,4-5,9H2,2H3,(H,21,22)(H2,19,20,23,24,27). The molecule has 27 heavy (non-hydrogen) atoms. The van der Waals surface area contributed by atoms with E-state index in [2.05, 4.69) is 17.2 Å². The average Bonchev–Trinajstić information content (AvgIpc) is 2.57. The van der Waals surface area contributed by atoms with Gasteiger partial charge in [-0.25, -0.2) is 4.79 Å². The molecule has 1 aliphatic heterocycles. The number of ether oxygens (including phenoxy) is 2. The van der Waals surface area contributed by atoms with Crippen LogP contribution >= 0.6 is 12.2 Å². The van der Waals surface area contributed by atoms with Crippen molar-refractivity contribution >= 4 is 41.2 Å². The molecule has 1 aliphatic rings. The van der Waals surface area contributed by atoms with Crippen LogP contribution in [0.2, 0.25) is 0 Å². The third-order valence-electron chi connectivity index (χ3n) is 3.41. The fourth-order valence-electron chi connectivity index (χ4n) is 2.41. The van der Waals surface area contributed by atoms with Gasteiger partial charge in [-0.05, 0) is 49.3 Å². The third-order valence-corrected chi connectivity index (χ3v) is 3.62. The van der Waals surface area contributed by atoms with E-state index >= 15 is 0 Å². The number of aliphatic carboxylic acids is 1. The van der Waals surface area contributed by atoms with Crippen LogP contribution in [-0.2, 0) is 20.8 Å². The maximum Gasteiger partial charge on any atom is 0.341 e. The number of hydrogen-bond acceptors (Lipinski definition) is 6. The molecule has 2 rings (SSSR count). The van der Waals surface area contributed by atoms with E-state index in [1.54, 1.807) is 25.1 Å². The summed E-state index contributed by atoms with van der Waals surface area (Å²) < 4.78 is 10.9. The molecule has 1 heterocycles. The van der Waals surface area contributed by atoms with Gasteiger partial charge in [0.1, 0.15) is 5.57 Å². The van der Waals surface area contributed by atoms with Crippen LogP contribution in [0.15, 0.2) is 30.4 Å². The molecule has 0 aromatic heterocycles. The van der Waals surface area contributed by atoms with E-state index in [0.29, 0.717) is 29.9 Å². The zero-order valence-electron chi connectivity index (χ0n) is 14.5. The molecule has 0 unspecified atom stereocenters. The molecule has 0 aliphatic carbocycles. The highest BCUT2D eigenvalue weighted by Gasteiger charge is 2.26. The molecule has 1 aromatic rings. The number of thiocarbonyl (C=S) groups is 1. The number of allylic oxidation sites excluding steroid dienone is 1. The van der Waals surface area contributed by atoms with Crippen molar-refractivity contribution in [2.24, 2.45) is 0 Å². The number of carbonyl (C=O) groups excluding carboxylic acids is 2. The van der Waals surface area contributed by atoms with Crippen LogP contribution in [-0.4, -0.2) is 41.2 Å². The lowest BCUT2D eigenvalue weighted by atomic mass is 10.0. The summed E-state index contributed by atoms with van der Waals surface area (Å²) >= 11 is 4.77. The Bertz CT molecular complexity index is 824. The summed E-state index contributed by atoms with van der Waals surface area (Å²) in [6.07, 6.45) is 3.38. The van der Waals surface area contributed by atoms with E-state index in [0.717, 1.165) is 0 Å². The Labute approximate surface area is 160 Å². The summed E-state index contributed by atoms with van der Waals surface area (Å²) in [5.41, 5.74) is 0.997. The van der Waals surface area contributed by atoms with Crippen molar-refractivity contribution in [1.82, 2.24) is 10.6 Å². The first-order valence-electron chi connectivity index (χ1n) is 7.99. The molecule has 0 radical (unpaired) electrons. The minimum Gasteiger partial charge on any atom is -0.490 e. The summed E-state index contributed by atoms with van der Waals surface area (Å²) in [5.74, 6) is -1.77. The van der Waals surface area contributed by atoms with Gasteiger partial charge in [0.15, 0.2) is 23.2 Å². The van der Waals surface area contributed by atoms with E-state index in [-0.39, 0.29) is 16.4 Å². The largest absolute Gasteiger partial charge is 0.490 e. The van der Waals surface area contributed by atoms with Gasteiger partial charge in [-0.1, -0.05) is 6.08 Å². The summed E-state index contributed by atoms with van der Waals surface area (Å²) in [6, 6.07) is 3.23. The number of hydrogen-bond donors (Lipinski definition) is 3. The quantitative estimate of drug-likeness (QED) is 0.264. The van der Waals surface area contributed by atoms with Crippen molar-refractivity contribution in [1.29, 1.82) is 0 Å². The van der Waals surface area contributed by atoms with Gasteiger partial charge in [0, 0.05) is 5.56 Å². The number of carboxylic acids is 1. The van der Waals surface area contributed by atoms with Crippen LogP contribution in [0.5, 0.6) is 11.5 Å². The van der Waals surface area contributed by atoms with E-state index < -0.39 is 24.4 Å². The first kappa shape index (κ1) is 20.1. The van der Waals surface area contributed by atoms with Crippen molar-refractivity contribution in [2.45, 2.75) is 13.3 Å². The Morgan fingerprint density at radius 3 is 2.48 bits per heavy atom. The molecule has 1 aromatic carbocycles. The number of amides is 2. The Balaban J connectivity index is 2.50. The van der Waals surface area contributed by atoms with Crippen molar-refractivity contribution < 1.29 is 29.0 Å². The first-order chi connectivity index (χ1) is 12.8. The third kappa shape index (κ3) is 5.14. The Morgan fingerprint density at radius 1 is 1.26 bits per heavy atom. The smallest absolute Gasteiger partial charge is 0.341 e. The predicted octanol–water partition coefficient (Wildman–Crippen LogP) is 1.19. The topological polar surface area (TPSA) is 114 Å². The van der Waals surface area contributed by atoms with Gasteiger partial charge in [-0.3, -0.25) is 20.2 Å². The van der Waals surface area contributed by atoms with E-state index in [1.807, 2.05) is 0 Å². The summed E-state index contributed by atoms with van der Waals surface area (Å²) in [6.45, 7) is 5.22. The highest BCUT2D eigenvalue weighted by Crippen LogP contribution is 2.34. The maximum atomic E-state index is 12.0. The van der Waals surface area contributed by atoms with Crippen LogP contribution < -0.4 is 20.1 Å². The van der Waals surface area contributed by atoms with Crippen LogP contribution in [0.25, 0.3) is 6.08 Å². The summed E-state index contributed by atoms with van der Waals surface area (Å²) in [7, 11) is 0. The lowest BCUT2D eigenvalue weighted by molar-refractivity contribution is -0.139. The van der Waals surface area contributed by atoms with Crippen LogP contribution in [0.1, 0.15) is 18.1 Å². The monoisotopic (exact) mass is 390 g/mol. The van der Waals surface area contributed by atoms with Gasteiger partial charge in [0.25, 0.3) is 11.8 Å². The molecule has 0 saturated carbocycles. The molecule has 0 spiro atoms. The number of nitrogens with one attached hydrogen (secondary N) is 2. The van der Waals surface area contributed by atoms with Gasteiger partial charge in [0.2, 0.25) is 0 Å². The minimum atomic E-state index is -1.13. The van der Waals surface area contributed by atoms with E-state index in [4.69, 9.17) is 26.8 Å². The maximum absolute atomic E-state index is 12.0. The molecule has 3 N–H and O–H groups in total. The van der Waals surface area contributed by atoms with Gasteiger partial charge < -0.3 is 14.6 Å². The Morgan fingerprint density at radius 2 is 1.93 bits per heavy atom. The normalized spacial score (nSPS) is 13.5. The number of carbonyl (C=O) groups is 3. The average molecular weight is 390 g/mol. The SMILES string of the molecule is C=CCc1cc(C=C2C(=O)NC(=S)NC2=O)cc(OCC)c1OCC(=O)O. The second-order valence-corrected chi connectivity index (χ2v) is 5.82. The molecule has 1 fully saturated rings. The Kier molecular flexibility index (Phi) is 6.67. The van der Waals surface area contributed by atoms with Gasteiger partial charge >= 0.3 is 5.97 Å². The van der Waals surface area contributed by atoms with Gasteiger partial charge in [-0.15, -0.1) is 6.58 Å². The van der Waals surface area contributed by atoms with Crippen molar-refractivity contribution in [3.63, 3.8) is 0 Å². The molecular weight excluding hydrogens is 372 g/mol. The molecule has 142 valence electrons. The molecule has 2 amide bonds. The Hall–Kier alpha value is -3.20. The second-order valence-electron chi connectivity index (χ2n) is 5.41. The zero-order chi connectivity index (χ0) is 20.0. The molecular formula is C18H18N2O6S. The molecule has 8 nitrogen and oxygen atoms in total. The van der Waals surface area contributed by atoms with Gasteiger partial charge in [0.05, 0.1) is 6.61 Å². The highest BCUT2D eigenvalue weighted by atomic mass is 32.1. The highest BCUT2D eigenvalue weighted by molar-refractivity contribution is 7.80. The van der Waals surface area contributed by atoms with Crippen LogP contribution in [0.3, 0.4) is 0 Å². The zero-order valence-corrected chi connectivity index (χ0v) is 15.4. The van der Waals surface area contributed by atoms with E-state index in [1.165, 1.54) is 6.08 Å². The fourth-order valence-corrected chi connectivity index (χ4v) is 2.59. The molecule has 0 bridgehead atoms. The van der Waals surface area contributed by atoms with Crippen molar-refractivity contribution in [3.8, 4) is 11.5 Å². The molecule has 0 atom stereocenters. The number of carboxylic acid groups (broad SMARTS) is 1. The van der Waals surface area contributed by atoms with Gasteiger partial charge in [-0.2, -0.15) is 0 Å². The predicted molar refractivity (Wildman–Crippen MR) is 102 cm³/mol. The fraction of sp³-hybridized carbons (Fsp3) is 0.222.